The van der Waals surface area contributed by atoms with Crippen LogP contribution in [-0.2, 0) is 20.9 Å². The number of aromatic nitrogens is 1. The summed E-state index contributed by atoms with van der Waals surface area (Å²) in [6.07, 6.45) is 1.75. The molecule has 11 heteroatoms. The molecule has 0 fully saturated rings. The second-order valence-electron chi connectivity index (χ2n) is 9.75. The molecule has 0 N–H and O–H groups in total. The van der Waals surface area contributed by atoms with E-state index in [4.69, 9.17) is 14.2 Å². The van der Waals surface area contributed by atoms with Crippen molar-refractivity contribution in [3.05, 3.63) is 130 Å². The molecule has 0 spiro atoms. The number of halogens is 2. The summed E-state index contributed by atoms with van der Waals surface area (Å²) in [5, 5.41) is 0. The zero-order chi connectivity index (χ0) is 31.4. The minimum atomic E-state index is -0.818. The van der Waals surface area contributed by atoms with E-state index in [1.807, 2.05) is 24.3 Å². The maximum absolute atomic E-state index is 13.8. The van der Waals surface area contributed by atoms with Crippen LogP contribution in [0.3, 0.4) is 0 Å². The van der Waals surface area contributed by atoms with Crippen LogP contribution < -0.4 is 19.6 Å². The van der Waals surface area contributed by atoms with Gasteiger partial charge in [0.2, 0.25) is 0 Å². The van der Waals surface area contributed by atoms with Gasteiger partial charge in [-0.2, -0.15) is 0 Å². The highest BCUT2D eigenvalue weighted by Gasteiger charge is 2.33. The fourth-order valence-corrected chi connectivity index (χ4v) is 6.30. The second kappa shape index (κ2) is 13.5. The third kappa shape index (κ3) is 6.58. The number of carbonyl (C=O) groups excluding carboxylic acids is 2. The highest BCUT2D eigenvalue weighted by atomic mass is 79.9. The van der Waals surface area contributed by atoms with Crippen LogP contribution in [-0.4, -0.2) is 29.7 Å². The zero-order valence-electron chi connectivity index (χ0n) is 24.1. The van der Waals surface area contributed by atoms with Gasteiger partial charge in [-0.25, -0.2) is 19.0 Å². The summed E-state index contributed by atoms with van der Waals surface area (Å²) in [4.78, 5) is 43.6. The molecule has 1 atom stereocenters. The molecule has 1 aromatic heterocycles. The molecule has 0 aliphatic carbocycles. The second-order valence-corrected chi connectivity index (χ2v) is 11.6. The highest BCUT2D eigenvalue weighted by molar-refractivity contribution is 9.10. The van der Waals surface area contributed by atoms with Crippen LogP contribution in [0.25, 0.3) is 6.08 Å². The number of allylic oxidation sites excluding steroid dienone is 1. The van der Waals surface area contributed by atoms with Gasteiger partial charge in [-0.15, -0.1) is 0 Å². The lowest BCUT2D eigenvalue weighted by molar-refractivity contribution is -0.139. The predicted molar refractivity (Wildman–Crippen MR) is 168 cm³/mol. The van der Waals surface area contributed by atoms with Crippen molar-refractivity contribution >= 4 is 45.3 Å². The number of rotatable bonds is 9. The van der Waals surface area contributed by atoms with E-state index in [1.54, 1.807) is 57.2 Å². The van der Waals surface area contributed by atoms with Crippen molar-refractivity contribution in [2.45, 2.75) is 33.4 Å². The molecular formula is C33H28BrFN2O6S. The van der Waals surface area contributed by atoms with Gasteiger partial charge < -0.3 is 14.2 Å². The van der Waals surface area contributed by atoms with Crippen molar-refractivity contribution in [1.82, 2.24) is 4.57 Å². The third-order valence-electron chi connectivity index (χ3n) is 6.82. The van der Waals surface area contributed by atoms with E-state index >= 15 is 0 Å². The molecule has 1 aliphatic rings. The molecule has 4 aromatic rings. The number of benzene rings is 3. The average Bonchev–Trinajstić information content (AvgIpc) is 3.30. The Kier molecular flexibility index (Phi) is 9.55. The van der Waals surface area contributed by atoms with E-state index in [0.717, 1.165) is 11.1 Å². The number of thiazole rings is 1. The van der Waals surface area contributed by atoms with E-state index in [-0.39, 0.29) is 30.3 Å². The van der Waals surface area contributed by atoms with Gasteiger partial charge in [0.15, 0.2) is 4.80 Å². The van der Waals surface area contributed by atoms with Crippen LogP contribution in [0.2, 0.25) is 0 Å². The number of fused-ring (bicyclic) bond motifs is 1. The number of ether oxygens (including phenoxy) is 3. The molecule has 2 heterocycles. The Morgan fingerprint density at radius 3 is 2.34 bits per heavy atom. The van der Waals surface area contributed by atoms with Crippen LogP contribution in [0.1, 0.15) is 53.9 Å². The van der Waals surface area contributed by atoms with Crippen LogP contribution in [0, 0.1) is 5.82 Å². The first-order valence-corrected chi connectivity index (χ1v) is 15.4. The molecule has 0 amide bonds. The molecule has 0 bridgehead atoms. The summed E-state index contributed by atoms with van der Waals surface area (Å²) in [6.45, 7) is 5.92. The Bertz CT molecular complexity index is 1930. The van der Waals surface area contributed by atoms with Crippen LogP contribution >= 0.6 is 27.3 Å². The van der Waals surface area contributed by atoms with E-state index < -0.39 is 17.8 Å². The first-order chi connectivity index (χ1) is 21.2. The van der Waals surface area contributed by atoms with E-state index in [9.17, 15) is 18.8 Å². The average molecular weight is 680 g/mol. The molecular weight excluding hydrogens is 651 g/mol. The van der Waals surface area contributed by atoms with Crippen LogP contribution in [0.15, 0.2) is 92.3 Å². The summed E-state index contributed by atoms with van der Waals surface area (Å²) >= 11 is 4.76. The van der Waals surface area contributed by atoms with Crippen molar-refractivity contribution in [1.29, 1.82) is 0 Å². The Morgan fingerprint density at radius 2 is 1.68 bits per heavy atom. The Balaban J connectivity index is 1.43. The van der Waals surface area contributed by atoms with Gasteiger partial charge in [0.05, 0.1) is 45.1 Å². The largest absolute Gasteiger partial charge is 0.488 e. The summed E-state index contributed by atoms with van der Waals surface area (Å²) in [5.41, 5.74) is 3.00. The number of nitrogens with zero attached hydrogens (tertiary/aromatic N) is 2. The number of carbonyl (C=O) groups is 2. The van der Waals surface area contributed by atoms with Gasteiger partial charge in [-0.05, 0) is 95.9 Å². The fourth-order valence-electron chi connectivity index (χ4n) is 4.74. The van der Waals surface area contributed by atoms with Crippen molar-refractivity contribution in [3.63, 3.8) is 0 Å². The topological polar surface area (TPSA) is 96.2 Å². The fraction of sp³-hybridized carbons (Fsp3) is 0.212. The van der Waals surface area contributed by atoms with Gasteiger partial charge in [0.25, 0.3) is 5.56 Å². The quantitative estimate of drug-likeness (QED) is 0.218. The van der Waals surface area contributed by atoms with E-state index in [1.165, 1.54) is 28.0 Å². The van der Waals surface area contributed by atoms with E-state index in [0.29, 0.717) is 43.0 Å². The number of esters is 2. The van der Waals surface area contributed by atoms with Gasteiger partial charge in [0, 0.05) is 0 Å². The zero-order valence-corrected chi connectivity index (χ0v) is 26.5. The maximum atomic E-state index is 13.8. The molecule has 3 aromatic carbocycles. The minimum absolute atomic E-state index is 0.159. The summed E-state index contributed by atoms with van der Waals surface area (Å²) in [6, 6.07) is 17.4. The lowest BCUT2D eigenvalue weighted by Gasteiger charge is -2.24. The summed E-state index contributed by atoms with van der Waals surface area (Å²) < 4.78 is 32.6. The molecule has 44 heavy (non-hydrogen) atoms. The van der Waals surface area contributed by atoms with Crippen molar-refractivity contribution < 1.29 is 28.2 Å². The van der Waals surface area contributed by atoms with Crippen molar-refractivity contribution in [2.75, 3.05) is 13.2 Å². The number of hydrogen-bond acceptors (Lipinski definition) is 8. The van der Waals surface area contributed by atoms with Crippen molar-refractivity contribution in [2.24, 2.45) is 4.99 Å². The van der Waals surface area contributed by atoms with Gasteiger partial charge in [-0.1, -0.05) is 41.7 Å². The first-order valence-electron chi connectivity index (χ1n) is 13.8. The Morgan fingerprint density at radius 1 is 1.00 bits per heavy atom. The molecule has 0 saturated heterocycles. The van der Waals surface area contributed by atoms with Crippen LogP contribution in [0.5, 0.6) is 5.75 Å². The monoisotopic (exact) mass is 678 g/mol. The summed E-state index contributed by atoms with van der Waals surface area (Å²) in [5.74, 6) is -0.772. The maximum Gasteiger partial charge on any atom is 0.338 e. The molecule has 5 rings (SSSR count). The standard InChI is InChI=1S/C33H28BrFN2O6S/c1-4-41-31(39)23-9-6-20(7-10-23)18-43-26-15-8-21(16-25(26)34)17-27-30(38)37-29(22-11-13-24(35)14-12-22)28(32(40)42-5-2)19(3)36-33(37)44-27/h6-17,29H,4-5,18H2,1-3H3/b27-17-/t29-/m0/s1. The third-order valence-corrected chi connectivity index (χ3v) is 8.42. The lowest BCUT2D eigenvalue weighted by atomic mass is 9.96. The molecule has 0 saturated carbocycles. The first kappa shape index (κ1) is 31.1. The number of hydrogen-bond donors (Lipinski definition) is 0. The van der Waals surface area contributed by atoms with Crippen LogP contribution in [0.4, 0.5) is 4.39 Å². The smallest absolute Gasteiger partial charge is 0.338 e. The predicted octanol–water partition coefficient (Wildman–Crippen LogP) is 5.46. The van der Waals surface area contributed by atoms with Gasteiger partial charge >= 0.3 is 11.9 Å². The van der Waals surface area contributed by atoms with Gasteiger partial charge in [-0.3, -0.25) is 9.36 Å². The van der Waals surface area contributed by atoms with Gasteiger partial charge in [0.1, 0.15) is 18.2 Å². The van der Waals surface area contributed by atoms with Crippen molar-refractivity contribution in [3.8, 4) is 5.75 Å². The lowest BCUT2D eigenvalue weighted by Crippen LogP contribution is -2.39. The Labute approximate surface area is 264 Å². The molecule has 0 unspecified atom stereocenters. The summed E-state index contributed by atoms with van der Waals surface area (Å²) in [7, 11) is 0. The minimum Gasteiger partial charge on any atom is -0.488 e. The molecule has 1 aliphatic heterocycles. The highest BCUT2D eigenvalue weighted by Crippen LogP contribution is 2.31. The molecule has 226 valence electrons. The normalized spacial score (nSPS) is 14.6. The molecule has 0 radical (unpaired) electrons. The Hall–Kier alpha value is -4.35. The van der Waals surface area contributed by atoms with E-state index in [2.05, 4.69) is 20.9 Å². The molecule has 8 nitrogen and oxygen atoms in total. The SMILES string of the molecule is CCOC(=O)C1=C(C)N=c2s/c(=C\c3ccc(OCc4ccc(C(=O)OCC)cc4)c(Br)c3)c(=O)n2[C@H]1c1ccc(F)cc1.